The average molecular weight is 326 g/mol. The Morgan fingerprint density at radius 1 is 1.29 bits per heavy atom. The van der Waals surface area contributed by atoms with Crippen molar-refractivity contribution in [2.75, 3.05) is 13.1 Å². The molecule has 2 aromatic rings. The number of carbonyl (C=O) groups excluding carboxylic acids is 2. The fourth-order valence-corrected chi connectivity index (χ4v) is 2.86. The van der Waals surface area contributed by atoms with Crippen molar-refractivity contribution in [1.82, 2.24) is 10.2 Å². The highest BCUT2D eigenvalue weighted by Gasteiger charge is 2.31. The first-order valence-electron chi connectivity index (χ1n) is 8.26. The van der Waals surface area contributed by atoms with E-state index in [4.69, 9.17) is 4.42 Å². The zero-order valence-electron chi connectivity index (χ0n) is 14.2. The monoisotopic (exact) mass is 326 g/mol. The van der Waals surface area contributed by atoms with E-state index in [1.54, 1.807) is 24.0 Å². The van der Waals surface area contributed by atoms with Gasteiger partial charge >= 0.3 is 0 Å². The fraction of sp³-hybridized carbons (Fsp3) is 0.368. The number of hydrogen-bond donors (Lipinski definition) is 1. The number of rotatable bonds is 3. The third kappa shape index (κ3) is 3.07. The van der Waals surface area contributed by atoms with Gasteiger partial charge < -0.3 is 14.6 Å². The summed E-state index contributed by atoms with van der Waals surface area (Å²) < 4.78 is 5.78. The molecule has 2 heterocycles. The van der Waals surface area contributed by atoms with Crippen LogP contribution in [0.2, 0.25) is 0 Å². The van der Waals surface area contributed by atoms with Gasteiger partial charge in [0, 0.05) is 18.7 Å². The zero-order chi connectivity index (χ0) is 17.3. The highest BCUT2D eigenvalue weighted by molar-refractivity contribution is 5.96. The SMILES string of the molecule is CC(C)c1cccc(-c2ccc(C(=O)N3CCNC(=O)[C@H]3C)o2)c1. The summed E-state index contributed by atoms with van der Waals surface area (Å²) >= 11 is 0. The zero-order valence-corrected chi connectivity index (χ0v) is 14.2. The van der Waals surface area contributed by atoms with Crippen LogP contribution >= 0.6 is 0 Å². The molecule has 1 aromatic carbocycles. The first-order valence-corrected chi connectivity index (χ1v) is 8.26. The van der Waals surface area contributed by atoms with Crippen molar-refractivity contribution in [1.29, 1.82) is 0 Å². The van der Waals surface area contributed by atoms with Crippen molar-refractivity contribution >= 4 is 11.8 Å². The summed E-state index contributed by atoms with van der Waals surface area (Å²) in [6.07, 6.45) is 0. The van der Waals surface area contributed by atoms with Gasteiger partial charge in [0.1, 0.15) is 11.8 Å². The summed E-state index contributed by atoms with van der Waals surface area (Å²) in [4.78, 5) is 25.9. The van der Waals surface area contributed by atoms with Gasteiger partial charge in [0.15, 0.2) is 5.76 Å². The number of furan rings is 1. The van der Waals surface area contributed by atoms with Crippen LogP contribution in [-0.2, 0) is 4.79 Å². The molecule has 0 unspecified atom stereocenters. The lowest BCUT2D eigenvalue weighted by Crippen LogP contribution is -2.55. The number of benzene rings is 1. The van der Waals surface area contributed by atoms with Crippen LogP contribution in [0.5, 0.6) is 0 Å². The molecule has 126 valence electrons. The maximum absolute atomic E-state index is 12.6. The molecule has 0 bridgehead atoms. The Labute approximate surface area is 141 Å². The van der Waals surface area contributed by atoms with Crippen LogP contribution in [0.1, 0.15) is 42.8 Å². The molecule has 0 saturated carbocycles. The van der Waals surface area contributed by atoms with Crippen LogP contribution in [0.25, 0.3) is 11.3 Å². The normalized spacial score (nSPS) is 17.9. The minimum Gasteiger partial charge on any atom is -0.451 e. The smallest absolute Gasteiger partial charge is 0.290 e. The lowest BCUT2D eigenvalue weighted by molar-refractivity contribution is -0.127. The van der Waals surface area contributed by atoms with Gasteiger partial charge in [-0.25, -0.2) is 0 Å². The Hall–Kier alpha value is -2.56. The summed E-state index contributed by atoms with van der Waals surface area (Å²) in [6.45, 7) is 6.96. The first kappa shape index (κ1) is 16.3. The van der Waals surface area contributed by atoms with E-state index in [2.05, 4.69) is 31.3 Å². The minimum absolute atomic E-state index is 0.133. The van der Waals surface area contributed by atoms with Gasteiger partial charge in [-0.3, -0.25) is 9.59 Å². The Morgan fingerprint density at radius 2 is 2.08 bits per heavy atom. The minimum atomic E-state index is -0.482. The van der Waals surface area contributed by atoms with E-state index in [-0.39, 0.29) is 17.6 Å². The molecule has 3 rings (SSSR count). The van der Waals surface area contributed by atoms with E-state index >= 15 is 0 Å². The number of hydrogen-bond acceptors (Lipinski definition) is 3. The van der Waals surface area contributed by atoms with Gasteiger partial charge in [-0.1, -0.05) is 32.0 Å². The summed E-state index contributed by atoms with van der Waals surface area (Å²) in [7, 11) is 0. The van der Waals surface area contributed by atoms with Gasteiger partial charge in [0.25, 0.3) is 5.91 Å². The molecule has 5 heteroatoms. The van der Waals surface area contributed by atoms with Crippen LogP contribution in [0.4, 0.5) is 0 Å². The molecule has 0 aliphatic carbocycles. The lowest BCUT2D eigenvalue weighted by Gasteiger charge is -2.32. The summed E-state index contributed by atoms with van der Waals surface area (Å²) in [5.74, 6) is 0.972. The van der Waals surface area contributed by atoms with Crippen molar-refractivity contribution in [3.05, 3.63) is 47.7 Å². The lowest BCUT2D eigenvalue weighted by atomic mass is 10.0. The van der Waals surface area contributed by atoms with Crippen molar-refractivity contribution in [2.24, 2.45) is 0 Å². The number of amides is 2. The standard InChI is InChI=1S/C19H22N2O3/c1-12(2)14-5-4-6-15(11-14)16-7-8-17(24-16)19(23)21-10-9-20-18(22)13(21)3/h4-8,11-13H,9-10H2,1-3H3,(H,20,22)/t13-/m1/s1. The van der Waals surface area contributed by atoms with E-state index in [0.717, 1.165) is 5.56 Å². The predicted octanol–water partition coefficient (Wildman–Crippen LogP) is 3.03. The molecule has 0 spiro atoms. The van der Waals surface area contributed by atoms with Crippen LogP contribution in [0.3, 0.4) is 0 Å². The second-order valence-electron chi connectivity index (χ2n) is 6.41. The molecule has 1 aromatic heterocycles. The molecule has 1 aliphatic rings. The molecular formula is C19H22N2O3. The molecule has 1 fully saturated rings. The highest BCUT2D eigenvalue weighted by Crippen LogP contribution is 2.26. The Balaban J connectivity index is 1.84. The molecule has 2 amide bonds. The van der Waals surface area contributed by atoms with Gasteiger partial charge in [-0.05, 0) is 36.6 Å². The third-order valence-corrected chi connectivity index (χ3v) is 4.41. The average Bonchev–Trinajstić information content (AvgIpc) is 3.07. The molecule has 24 heavy (non-hydrogen) atoms. The van der Waals surface area contributed by atoms with Crippen LogP contribution in [0.15, 0.2) is 40.8 Å². The Kier molecular flexibility index (Phi) is 4.42. The second-order valence-corrected chi connectivity index (χ2v) is 6.41. The highest BCUT2D eigenvalue weighted by atomic mass is 16.4. The molecule has 1 aliphatic heterocycles. The number of carbonyl (C=O) groups is 2. The van der Waals surface area contributed by atoms with Crippen LogP contribution in [-0.4, -0.2) is 35.8 Å². The fourth-order valence-electron chi connectivity index (χ4n) is 2.86. The number of nitrogens with one attached hydrogen (secondary N) is 1. The van der Waals surface area contributed by atoms with E-state index in [1.165, 1.54) is 5.56 Å². The van der Waals surface area contributed by atoms with E-state index < -0.39 is 6.04 Å². The molecular weight excluding hydrogens is 304 g/mol. The number of nitrogens with zero attached hydrogens (tertiary/aromatic N) is 1. The molecule has 1 N–H and O–H groups in total. The van der Waals surface area contributed by atoms with E-state index in [0.29, 0.717) is 24.8 Å². The summed E-state index contributed by atoms with van der Waals surface area (Å²) in [6, 6.07) is 11.1. The quantitative estimate of drug-likeness (QED) is 0.943. The van der Waals surface area contributed by atoms with Gasteiger partial charge in [0.05, 0.1) is 0 Å². The topological polar surface area (TPSA) is 62.6 Å². The predicted molar refractivity (Wildman–Crippen MR) is 91.7 cm³/mol. The second kappa shape index (κ2) is 6.51. The van der Waals surface area contributed by atoms with Crippen molar-refractivity contribution in [3.63, 3.8) is 0 Å². The van der Waals surface area contributed by atoms with Crippen molar-refractivity contribution in [2.45, 2.75) is 32.7 Å². The maximum atomic E-state index is 12.6. The van der Waals surface area contributed by atoms with E-state index in [9.17, 15) is 9.59 Å². The molecule has 0 radical (unpaired) electrons. The van der Waals surface area contributed by atoms with Gasteiger partial charge in [0.2, 0.25) is 5.91 Å². The van der Waals surface area contributed by atoms with Crippen molar-refractivity contribution in [3.8, 4) is 11.3 Å². The van der Waals surface area contributed by atoms with E-state index in [1.807, 2.05) is 12.1 Å². The summed E-state index contributed by atoms with van der Waals surface area (Å²) in [5.41, 5.74) is 2.17. The van der Waals surface area contributed by atoms with Gasteiger partial charge in [-0.2, -0.15) is 0 Å². The largest absolute Gasteiger partial charge is 0.451 e. The first-order chi connectivity index (χ1) is 11.5. The Bertz CT molecular complexity index is 763. The molecule has 1 atom stereocenters. The summed E-state index contributed by atoms with van der Waals surface area (Å²) in [5, 5.41) is 2.75. The molecule has 5 nitrogen and oxygen atoms in total. The van der Waals surface area contributed by atoms with Crippen LogP contribution < -0.4 is 5.32 Å². The maximum Gasteiger partial charge on any atom is 0.290 e. The van der Waals surface area contributed by atoms with Gasteiger partial charge in [-0.15, -0.1) is 0 Å². The van der Waals surface area contributed by atoms with Crippen LogP contribution in [0, 0.1) is 0 Å². The number of piperazine rings is 1. The Morgan fingerprint density at radius 3 is 2.83 bits per heavy atom. The van der Waals surface area contributed by atoms with Crippen molar-refractivity contribution < 1.29 is 14.0 Å². The third-order valence-electron chi connectivity index (χ3n) is 4.41. The molecule has 1 saturated heterocycles.